The number of hydrogen-bond donors (Lipinski definition) is 2. The molecule has 0 aromatic carbocycles. The summed E-state index contributed by atoms with van der Waals surface area (Å²) in [6, 6.07) is 0. The van der Waals surface area contributed by atoms with Crippen LogP contribution in [0.5, 0.6) is 0 Å². The molecule has 21 heavy (non-hydrogen) atoms. The first-order chi connectivity index (χ1) is 10.3. The van der Waals surface area contributed by atoms with Gasteiger partial charge in [0.05, 0.1) is 5.56 Å². The minimum absolute atomic E-state index is 0.00251. The second kappa shape index (κ2) is 6.60. The predicted molar refractivity (Wildman–Crippen MR) is 82.6 cm³/mol. The van der Waals surface area contributed by atoms with Crippen LogP contribution in [0.2, 0.25) is 0 Å². The zero-order valence-corrected chi connectivity index (χ0v) is 12.8. The van der Waals surface area contributed by atoms with Crippen LogP contribution in [0.25, 0.3) is 0 Å². The lowest BCUT2D eigenvalue weighted by Gasteiger charge is -2.30. The Morgan fingerprint density at radius 3 is 2.86 bits per heavy atom. The number of ether oxygens (including phenoxy) is 1. The second-order valence-corrected chi connectivity index (χ2v) is 6.08. The molecule has 2 N–H and O–H groups in total. The number of rotatable bonds is 4. The van der Waals surface area contributed by atoms with Crippen LogP contribution in [0.15, 0.2) is 4.79 Å². The van der Waals surface area contributed by atoms with Crippen LogP contribution in [0.3, 0.4) is 0 Å². The maximum Gasteiger partial charge on any atom is 0.256 e. The smallest absolute Gasteiger partial charge is 0.256 e. The van der Waals surface area contributed by atoms with Crippen molar-refractivity contribution in [1.29, 1.82) is 0 Å². The molecule has 1 atom stereocenters. The molecule has 0 spiro atoms. The van der Waals surface area contributed by atoms with Crippen molar-refractivity contribution in [2.24, 2.45) is 5.92 Å². The van der Waals surface area contributed by atoms with Gasteiger partial charge in [0.25, 0.3) is 5.56 Å². The summed E-state index contributed by atoms with van der Waals surface area (Å²) in [5.41, 5.74) is 0.798. The molecule has 116 valence electrons. The molecule has 1 saturated carbocycles. The molecule has 1 aliphatic heterocycles. The van der Waals surface area contributed by atoms with E-state index in [-0.39, 0.29) is 11.7 Å². The van der Waals surface area contributed by atoms with Crippen molar-refractivity contribution in [2.45, 2.75) is 58.0 Å². The summed E-state index contributed by atoms with van der Waals surface area (Å²) in [5.74, 6) is 1.95. The molecule has 1 fully saturated rings. The van der Waals surface area contributed by atoms with Crippen molar-refractivity contribution < 1.29 is 4.74 Å². The fourth-order valence-corrected chi connectivity index (χ4v) is 3.55. The summed E-state index contributed by atoms with van der Waals surface area (Å²) in [4.78, 5) is 19.9. The van der Waals surface area contributed by atoms with Gasteiger partial charge in [-0.3, -0.25) is 4.79 Å². The monoisotopic (exact) mass is 291 g/mol. The highest BCUT2D eigenvalue weighted by Gasteiger charge is 2.29. The molecule has 1 unspecified atom stereocenters. The summed E-state index contributed by atoms with van der Waals surface area (Å²) in [7, 11) is 0. The fraction of sp³-hybridized carbons (Fsp3) is 0.750. The molecule has 0 amide bonds. The lowest BCUT2D eigenvalue weighted by molar-refractivity contribution is -0.000288. The summed E-state index contributed by atoms with van der Waals surface area (Å²) in [6.45, 7) is 3.55. The number of H-pyrrole nitrogens is 1. The molecule has 0 saturated heterocycles. The van der Waals surface area contributed by atoms with Crippen LogP contribution in [-0.2, 0) is 11.2 Å². The van der Waals surface area contributed by atoms with E-state index in [4.69, 9.17) is 4.74 Å². The van der Waals surface area contributed by atoms with E-state index in [1.54, 1.807) is 0 Å². The number of nitrogens with one attached hydrogen (secondary N) is 2. The average Bonchev–Trinajstić information content (AvgIpc) is 2.53. The van der Waals surface area contributed by atoms with E-state index in [0.717, 1.165) is 30.8 Å². The molecule has 1 aromatic heterocycles. The van der Waals surface area contributed by atoms with E-state index in [9.17, 15) is 4.79 Å². The number of fused-ring (bicyclic) bond motifs is 1. The number of anilines is 1. The van der Waals surface area contributed by atoms with Crippen molar-refractivity contribution in [1.82, 2.24) is 9.97 Å². The summed E-state index contributed by atoms with van der Waals surface area (Å²) < 4.78 is 5.95. The maximum absolute atomic E-state index is 12.3. The van der Waals surface area contributed by atoms with Crippen LogP contribution < -0.4 is 10.9 Å². The van der Waals surface area contributed by atoms with E-state index in [2.05, 4.69) is 15.3 Å². The lowest BCUT2D eigenvalue weighted by atomic mass is 9.85. The fourth-order valence-electron chi connectivity index (χ4n) is 3.55. The molecule has 0 radical (unpaired) electrons. The SMILES string of the molecule is CCOC(c1nc2c(c(=O)[nH]1)CCCN2)C1CCCCC1. The Hall–Kier alpha value is -1.36. The van der Waals surface area contributed by atoms with Gasteiger partial charge in [-0.05, 0) is 38.5 Å². The summed E-state index contributed by atoms with van der Waals surface area (Å²) >= 11 is 0. The van der Waals surface area contributed by atoms with E-state index in [1.165, 1.54) is 32.1 Å². The van der Waals surface area contributed by atoms with Crippen LogP contribution in [0.4, 0.5) is 5.82 Å². The van der Waals surface area contributed by atoms with Gasteiger partial charge in [-0.25, -0.2) is 4.98 Å². The Balaban J connectivity index is 1.91. The third kappa shape index (κ3) is 3.12. The minimum Gasteiger partial charge on any atom is -0.370 e. The zero-order valence-electron chi connectivity index (χ0n) is 12.8. The average molecular weight is 291 g/mol. The third-order valence-electron chi connectivity index (χ3n) is 4.62. The molecular weight excluding hydrogens is 266 g/mol. The first kappa shape index (κ1) is 14.6. The molecule has 0 bridgehead atoms. The topological polar surface area (TPSA) is 67.0 Å². The van der Waals surface area contributed by atoms with Gasteiger partial charge >= 0.3 is 0 Å². The molecule has 1 aromatic rings. The molecular formula is C16H25N3O2. The number of aromatic amines is 1. The standard InChI is InChI=1S/C16H25N3O2/c1-2-21-13(11-7-4-3-5-8-11)15-18-14-12(16(20)19-15)9-6-10-17-14/h11,13H,2-10H2,1H3,(H2,17,18,19,20). The van der Waals surface area contributed by atoms with Gasteiger partial charge in [-0.2, -0.15) is 0 Å². The van der Waals surface area contributed by atoms with E-state index >= 15 is 0 Å². The lowest BCUT2D eigenvalue weighted by Crippen LogP contribution is -2.29. The van der Waals surface area contributed by atoms with Gasteiger partial charge in [0, 0.05) is 13.2 Å². The van der Waals surface area contributed by atoms with Gasteiger partial charge in [0.2, 0.25) is 0 Å². The zero-order chi connectivity index (χ0) is 14.7. The number of nitrogens with zero attached hydrogens (tertiary/aromatic N) is 1. The predicted octanol–water partition coefficient (Wildman–Crippen LogP) is 2.79. The van der Waals surface area contributed by atoms with Crippen LogP contribution in [0, 0.1) is 5.92 Å². The second-order valence-electron chi connectivity index (χ2n) is 6.08. The Morgan fingerprint density at radius 1 is 1.29 bits per heavy atom. The van der Waals surface area contributed by atoms with Gasteiger partial charge in [0.15, 0.2) is 0 Å². The Morgan fingerprint density at radius 2 is 2.10 bits per heavy atom. The van der Waals surface area contributed by atoms with Gasteiger partial charge in [0.1, 0.15) is 17.7 Å². The van der Waals surface area contributed by atoms with Crippen molar-refractivity contribution in [3.63, 3.8) is 0 Å². The van der Waals surface area contributed by atoms with Gasteiger partial charge in [-0.1, -0.05) is 19.3 Å². The highest BCUT2D eigenvalue weighted by Crippen LogP contribution is 2.35. The maximum atomic E-state index is 12.3. The van der Waals surface area contributed by atoms with Crippen molar-refractivity contribution >= 4 is 5.82 Å². The van der Waals surface area contributed by atoms with Crippen LogP contribution in [0.1, 0.15) is 62.9 Å². The highest BCUT2D eigenvalue weighted by molar-refractivity contribution is 5.45. The normalized spacial score (nSPS) is 20.6. The molecule has 2 heterocycles. The first-order valence-electron chi connectivity index (χ1n) is 8.28. The van der Waals surface area contributed by atoms with Gasteiger partial charge in [-0.15, -0.1) is 0 Å². The van der Waals surface area contributed by atoms with Crippen molar-refractivity contribution in [2.75, 3.05) is 18.5 Å². The van der Waals surface area contributed by atoms with Crippen molar-refractivity contribution in [3.05, 3.63) is 21.7 Å². The van der Waals surface area contributed by atoms with Crippen LogP contribution >= 0.6 is 0 Å². The Bertz CT molecular complexity index is 535. The van der Waals surface area contributed by atoms with Crippen molar-refractivity contribution in [3.8, 4) is 0 Å². The van der Waals surface area contributed by atoms with E-state index < -0.39 is 0 Å². The quantitative estimate of drug-likeness (QED) is 0.895. The first-order valence-corrected chi connectivity index (χ1v) is 8.28. The molecule has 5 nitrogen and oxygen atoms in total. The summed E-state index contributed by atoms with van der Waals surface area (Å²) in [5, 5.41) is 3.26. The Kier molecular flexibility index (Phi) is 4.58. The largest absolute Gasteiger partial charge is 0.370 e. The number of hydrogen-bond acceptors (Lipinski definition) is 4. The molecule has 1 aliphatic carbocycles. The third-order valence-corrected chi connectivity index (χ3v) is 4.62. The minimum atomic E-state index is -0.0722. The highest BCUT2D eigenvalue weighted by atomic mass is 16.5. The Labute approximate surface area is 125 Å². The molecule has 2 aliphatic rings. The molecule has 3 rings (SSSR count). The number of aromatic nitrogens is 2. The van der Waals surface area contributed by atoms with E-state index in [0.29, 0.717) is 18.3 Å². The molecule has 5 heteroatoms. The van der Waals surface area contributed by atoms with Crippen LogP contribution in [-0.4, -0.2) is 23.1 Å². The van der Waals surface area contributed by atoms with E-state index in [1.807, 2.05) is 6.92 Å². The summed E-state index contributed by atoms with van der Waals surface area (Å²) in [6.07, 6.45) is 7.88. The van der Waals surface area contributed by atoms with Gasteiger partial charge < -0.3 is 15.0 Å².